The van der Waals surface area contributed by atoms with Crippen molar-refractivity contribution in [2.45, 2.75) is 85.5 Å². The van der Waals surface area contributed by atoms with Gasteiger partial charge in [0.25, 0.3) is 0 Å². The fraction of sp³-hybridized carbons (Fsp3) is 0.552. The van der Waals surface area contributed by atoms with Crippen LogP contribution in [0.15, 0.2) is 30.3 Å². The number of Topliss-reactive ketones (excluding diaryl/α,β-unsaturated/α-hetero) is 1. The number of nitrogens with zero attached hydrogens (tertiary/aromatic N) is 1. The van der Waals surface area contributed by atoms with E-state index in [2.05, 4.69) is 0 Å². The molecule has 2 rings (SSSR count). The Balaban J connectivity index is 2.48. The molecule has 38 heavy (non-hydrogen) atoms. The molecule has 0 spiro atoms. The summed E-state index contributed by atoms with van der Waals surface area (Å²) in [6, 6.07) is 6.47. The molecule has 1 aliphatic rings. The second-order valence-electron chi connectivity index (χ2n) is 10.6. The molecule has 9 nitrogen and oxygen atoms in total. The Labute approximate surface area is 224 Å². The van der Waals surface area contributed by atoms with E-state index in [0.29, 0.717) is 18.4 Å². The van der Waals surface area contributed by atoms with E-state index in [4.69, 9.17) is 14.6 Å². The number of imide groups is 1. The number of carbonyl (C=O) groups is 5. The zero-order valence-corrected chi connectivity index (χ0v) is 23.3. The molecule has 0 saturated carbocycles. The number of amides is 2. The van der Waals surface area contributed by atoms with Crippen LogP contribution < -0.4 is 0 Å². The minimum absolute atomic E-state index is 0.0586. The van der Waals surface area contributed by atoms with Crippen LogP contribution in [0.4, 0.5) is 4.79 Å². The molecule has 2 amide bonds. The van der Waals surface area contributed by atoms with Crippen molar-refractivity contribution in [3.63, 3.8) is 0 Å². The number of hydrogen-bond acceptors (Lipinski definition) is 8. The first kappa shape index (κ1) is 30.9. The van der Waals surface area contributed by atoms with Crippen LogP contribution in [0.2, 0.25) is 0 Å². The Morgan fingerprint density at radius 2 is 1.82 bits per heavy atom. The standard InChI is InChI=1S/C29H39NO8/c1-17(2)26-29(6,7)38-28(36)30(26)27(35)19(4)25(37-20(5)32)24(34)16-22(23(33)13-8-9-14-31)21-12-10-11-18(3)15-21/h10-12,15-17,19,25-26,31H,8-9,13-14H2,1-7H3/t19-,25-,26-/m0/s1. The molecule has 0 aliphatic carbocycles. The quantitative estimate of drug-likeness (QED) is 0.244. The van der Waals surface area contributed by atoms with E-state index >= 15 is 0 Å². The monoisotopic (exact) mass is 529 g/mol. The molecular weight excluding hydrogens is 490 g/mol. The van der Waals surface area contributed by atoms with Gasteiger partial charge in [-0.2, -0.15) is 0 Å². The SMILES string of the molecule is CC(=O)O[C@H](C(=O)C=C(C(=O)CCCCO)c1cccc(C)c1)[C@H](C)C(=O)N1C(=O)OC(C)(C)[C@@H]1C(C)C. The van der Waals surface area contributed by atoms with Crippen LogP contribution in [0.25, 0.3) is 5.57 Å². The van der Waals surface area contributed by atoms with E-state index in [0.717, 1.165) is 23.5 Å². The summed E-state index contributed by atoms with van der Waals surface area (Å²) in [7, 11) is 0. The molecule has 1 aromatic carbocycles. The summed E-state index contributed by atoms with van der Waals surface area (Å²) in [5, 5.41) is 9.08. The molecule has 1 aliphatic heterocycles. The summed E-state index contributed by atoms with van der Waals surface area (Å²) >= 11 is 0. The predicted molar refractivity (Wildman–Crippen MR) is 141 cm³/mol. The van der Waals surface area contributed by atoms with E-state index in [-0.39, 0.29) is 30.3 Å². The average molecular weight is 530 g/mol. The van der Waals surface area contributed by atoms with Gasteiger partial charge in [0.2, 0.25) is 5.91 Å². The van der Waals surface area contributed by atoms with Crippen molar-refractivity contribution in [2.75, 3.05) is 6.61 Å². The molecule has 9 heteroatoms. The number of carbonyl (C=O) groups excluding carboxylic acids is 5. The number of benzene rings is 1. The van der Waals surface area contributed by atoms with Crippen molar-refractivity contribution in [3.05, 3.63) is 41.5 Å². The Morgan fingerprint density at radius 1 is 1.16 bits per heavy atom. The van der Waals surface area contributed by atoms with Gasteiger partial charge in [-0.1, -0.05) is 43.7 Å². The number of allylic oxidation sites excluding steroid dienone is 1. The van der Waals surface area contributed by atoms with Crippen LogP contribution in [0.5, 0.6) is 0 Å². The van der Waals surface area contributed by atoms with Crippen molar-refractivity contribution in [2.24, 2.45) is 11.8 Å². The fourth-order valence-electron chi connectivity index (χ4n) is 4.92. The second-order valence-corrected chi connectivity index (χ2v) is 10.6. The van der Waals surface area contributed by atoms with Crippen molar-refractivity contribution < 1.29 is 38.6 Å². The van der Waals surface area contributed by atoms with Gasteiger partial charge in [0.15, 0.2) is 17.7 Å². The lowest BCUT2D eigenvalue weighted by molar-refractivity contribution is -0.158. The van der Waals surface area contributed by atoms with Crippen LogP contribution in [0.3, 0.4) is 0 Å². The molecule has 3 atom stereocenters. The highest BCUT2D eigenvalue weighted by molar-refractivity contribution is 6.25. The lowest BCUT2D eigenvalue weighted by Gasteiger charge is -2.33. The first-order valence-electron chi connectivity index (χ1n) is 12.9. The molecule has 0 bridgehead atoms. The summed E-state index contributed by atoms with van der Waals surface area (Å²) in [4.78, 5) is 65.9. The van der Waals surface area contributed by atoms with Crippen molar-refractivity contribution in [1.29, 1.82) is 0 Å². The summed E-state index contributed by atoms with van der Waals surface area (Å²) in [5.74, 6) is -3.93. The highest BCUT2D eigenvalue weighted by Crippen LogP contribution is 2.35. The highest BCUT2D eigenvalue weighted by Gasteiger charge is 2.53. The molecule has 1 aromatic rings. The second kappa shape index (κ2) is 13.0. The number of aliphatic hydroxyl groups excluding tert-OH is 1. The maximum atomic E-state index is 13.6. The Morgan fingerprint density at radius 3 is 2.37 bits per heavy atom. The summed E-state index contributed by atoms with van der Waals surface area (Å²) in [6.07, 6.45) is -0.311. The topological polar surface area (TPSA) is 127 Å². The van der Waals surface area contributed by atoms with Crippen molar-refractivity contribution in [3.8, 4) is 0 Å². The Hall–Kier alpha value is -3.33. The third-order valence-electron chi connectivity index (χ3n) is 6.55. The van der Waals surface area contributed by atoms with Gasteiger partial charge in [-0.15, -0.1) is 0 Å². The van der Waals surface area contributed by atoms with Gasteiger partial charge >= 0.3 is 12.1 Å². The number of unbranched alkanes of at least 4 members (excludes halogenated alkanes) is 1. The van der Waals surface area contributed by atoms with E-state index in [1.54, 1.807) is 32.0 Å². The van der Waals surface area contributed by atoms with Gasteiger partial charge in [-0.25, -0.2) is 9.69 Å². The highest BCUT2D eigenvalue weighted by atomic mass is 16.6. The average Bonchev–Trinajstić information content (AvgIpc) is 3.07. The minimum Gasteiger partial charge on any atom is -0.453 e. The van der Waals surface area contributed by atoms with Crippen molar-refractivity contribution >= 4 is 35.1 Å². The third-order valence-corrected chi connectivity index (χ3v) is 6.55. The number of aryl methyl sites for hydroxylation is 1. The van der Waals surface area contributed by atoms with Gasteiger partial charge in [-0.3, -0.25) is 19.2 Å². The normalized spacial score (nSPS) is 18.7. The van der Waals surface area contributed by atoms with E-state index in [1.807, 2.05) is 26.8 Å². The van der Waals surface area contributed by atoms with E-state index in [9.17, 15) is 24.0 Å². The molecular formula is C29H39NO8. The summed E-state index contributed by atoms with van der Waals surface area (Å²) in [5.41, 5.74) is 0.563. The fourth-order valence-corrected chi connectivity index (χ4v) is 4.92. The Kier molecular flexibility index (Phi) is 10.5. The molecule has 1 fully saturated rings. The van der Waals surface area contributed by atoms with E-state index in [1.165, 1.54) is 6.92 Å². The molecule has 1 heterocycles. The van der Waals surface area contributed by atoms with Gasteiger partial charge in [0.05, 0.1) is 12.0 Å². The maximum Gasteiger partial charge on any atom is 0.417 e. The van der Waals surface area contributed by atoms with E-state index < -0.39 is 47.4 Å². The maximum absolute atomic E-state index is 13.6. The third kappa shape index (κ3) is 7.37. The molecule has 1 saturated heterocycles. The lowest BCUT2D eigenvalue weighted by Crippen LogP contribution is -2.52. The number of esters is 1. The van der Waals surface area contributed by atoms with Crippen LogP contribution in [0, 0.1) is 18.8 Å². The summed E-state index contributed by atoms with van der Waals surface area (Å²) < 4.78 is 10.7. The van der Waals surface area contributed by atoms with Crippen LogP contribution >= 0.6 is 0 Å². The number of aliphatic hydroxyl groups is 1. The summed E-state index contributed by atoms with van der Waals surface area (Å²) in [6.45, 7) is 11.4. The molecule has 0 unspecified atom stereocenters. The number of rotatable bonds is 12. The first-order valence-corrected chi connectivity index (χ1v) is 12.9. The van der Waals surface area contributed by atoms with Crippen LogP contribution in [0.1, 0.15) is 71.9 Å². The predicted octanol–water partition coefficient (Wildman–Crippen LogP) is 4.03. The smallest absolute Gasteiger partial charge is 0.417 e. The largest absolute Gasteiger partial charge is 0.453 e. The molecule has 208 valence electrons. The van der Waals surface area contributed by atoms with Crippen LogP contribution in [-0.2, 0) is 28.7 Å². The minimum atomic E-state index is -1.56. The zero-order chi connectivity index (χ0) is 28.8. The lowest BCUT2D eigenvalue weighted by atomic mass is 9.87. The number of hydrogen-bond donors (Lipinski definition) is 1. The van der Waals surface area contributed by atoms with Gasteiger partial charge < -0.3 is 14.6 Å². The molecule has 0 radical (unpaired) electrons. The van der Waals surface area contributed by atoms with Gasteiger partial charge in [-0.05, 0) is 58.1 Å². The van der Waals surface area contributed by atoms with Gasteiger partial charge in [0, 0.05) is 25.5 Å². The number of cyclic esters (lactones) is 1. The number of ether oxygens (including phenoxy) is 2. The zero-order valence-electron chi connectivity index (χ0n) is 23.3. The Bertz CT molecular complexity index is 1100. The van der Waals surface area contributed by atoms with Crippen LogP contribution in [-0.4, -0.2) is 63.9 Å². The molecule has 0 aromatic heterocycles. The van der Waals surface area contributed by atoms with Crippen molar-refractivity contribution in [1.82, 2.24) is 4.90 Å². The van der Waals surface area contributed by atoms with Gasteiger partial charge in [0.1, 0.15) is 5.60 Å². The number of ketones is 2. The first-order chi connectivity index (χ1) is 17.7. The molecule has 1 N–H and O–H groups in total.